The molecule has 1 saturated heterocycles. The van der Waals surface area contributed by atoms with E-state index in [1.54, 1.807) is 0 Å². The molecule has 2 unspecified atom stereocenters. The summed E-state index contributed by atoms with van der Waals surface area (Å²) in [6.45, 7) is 1.11. The maximum absolute atomic E-state index is 12.1. The van der Waals surface area contributed by atoms with Crippen molar-refractivity contribution in [2.45, 2.75) is 50.7 Å². The monoisotopic (exact) mass is 679 g/mol. The zero-order valence-corrected chi connectivity index (χ0v) is 25.4. The van der Waals surface area contributed by atoms with Gasteiger partial charge in [-0.2, -0.15) is 18.6 Å². The Balaban J connectivity index is 1.54. The number of benzene rings is 1. The highest BCUT2D eigenvalue weighted by Gasteiger charge is 2.47. The third-order valence-electron chi connectivity index (χ3n) is 6.09. The summed E-state index contributed by atoms with van der Waals surface area (Å²) >= 11 is 0. The number of nitrogens with zero attached hydrogens (tertiary/aromatic N) is 7. The van der Waals surface area contributed by atoms with Crippen LogP contribution in [0.2, 0.25) is 0 Å². The van der Waals surface area contributed by atoms with Gasteiger partial charge in [0.2, 0.25) is 5.95 Å². The first-order chi connectivity index (χ1) is 20.6. The molecule has 0 radical (unpaired) electrons. The van der Waals surface area contributed by atoms with Gasteiger partial charge in [0.15, 0.2) is 11.5 Å². The number of aryl methyl sites for hydroxylation is 1. The number of aliphatic hydroxyl groups excluding tert-OH is 1. The molecule has 240 valence electrons. The molecule has 3 heterocycles. The van der Waals surface area contributed by atoms with E-state index in [0.29, 0.717) is 5.69 Å². The number of unbranched alkanes of at least 4 members (excludes halogenated alkanes) is 1. The number of fused-ring (bicyclic) bond motifs is 1. The van der Waals surface area contributed by atoms with E-state index in [1.807, 2.05) is 24.3 Å². The molecule has 0 bridgehead atoms. The summed E-state index contributed by atoms with van der Waals surface area (Å²) in [7, 11) is -16.9. The molecule has 1 aliphatic rings. The van der Waals surface area contributed by atoms with E-state index in [4.69, 9.17) is 25.8 Å². The van der Waals surface area contributed by atoms with Gasteiger partial charge >= 0.3 is 23.5 Å². The Morgan fingerprint density at radius 1 is 1.14 bits per heavy atom. The number of ether oxygens (including phenoxy) is 1. The predicted octanol–water partition coefficient (Wildman–Crippen LogP) is 2.78. The summed E-state index contributed by atoms with van der Waals surface area (Å²) in [6.07, 6.45) is -0.222. The second kappa shape index (κ2) is 13.6. The van der Waals surface area contributed by atoms with E-state index in [1.165, 1.54) is 10.9 Å². The normalized spacial score (nSPS) is 23.1. The summed E-state index contributed by atoms with van der Waals surface area (Å²) in [4.78, 5) is 51.9. The highest BCUT2D eigenvalue weighted by atomic mass is 31.3. The summed E-state index contributed by atoms with van der Waals surface area (Å²) in [5.74, 6) is 0.0695. The Hall–Kier alpha value is -2.99. The van der Waals surface area contributed by atoms with E-state index >= 15 is 0 Å². The van der Waals surface area contributed by atoms with Crippen LogP contribution in [0.25, 0.3) is 21.6 Å². The number of anilines is 3. The van der Waals surface area contributed by atoms with E-state index in [2.05, 4.69) is 50.4 Å². The number of aromatic nitrogens is 4. The molecule has 2 aromatic heterocycles. The van der Waals surface area contributed by atoms with Crippen LogP contribution < -0.4 is 11.1 Å². The number of imidazole rings is 1. The second-order valence-corrected chi connectivity index (χ2v) is 13.7. The number of phosphoric acid groups is 3. The smallest absolute Gasteiger partial charge is 0.390 e. The van der Waals surface area contributed by atoms with Gasteiger partial charge in [-0.3, -0.25) is 9.09 Å². The van der Waals surface area contributed by atoms with Crippen molar-refractivity contribution in [2.75, 3.05) is 17.7 Å². The van der Waals surface area contributed by atoms with E-state index in [0.717, 1.165) is 24.8 Å². The van der Waals surface area contributed by atoms with Crippen molar-refractivity contribution in [3.8, 4) is 0 Å². The van der Waals surface area contributed by atoms with Crippen molar-refractivity contribution in [3.05, 3.63) is 46.6 Å². The molecule has 8 N–H and O–H groups in total. The number of nitrogens with two attached hydrogens (primary N) is 1. The van der Waals surface area contributed by atoms with Crippen LogP contribution in [0.3, 0.4) is 0 Å². The molecule has 0 spiro atoms. The van der Waals surface area contributed by atoms with E-state index in [-0.39, 0.29) is 22.9 Å². The highest BCUT2D eigenvalue weighted by Crippen LogP contribution is 2.66. The standard InChI is InChI=1S/C20H28N9O12P3/c1-2-3-4-11-5-7-12(8-6-11)24-20-25-17(21)15-18(26-20)29(10-23-15)19-14(27-28-22)16(30)13(39-19)9-38-43(34,35)41-44(36,37)40-42(31,32)33/h5-8,10,13-14,16,19,30H,2-4,9H2,1H3,(H,34,35)(H,36,37)(H2,31,32,33)(H3,21,24,25,26)/t13-,14+,16-,19-/m1/s1. The molecule has 44 heavy (non-hydrogen) atoms. The second-order valence-electron chi connectivity index (χ2n) is 9.32. The van der Waals surface area contributed by atoms with Crippen LogP contribution in [0.4, 0.5) is 17.5 Å². The molecular formula is C20H28N9O12P3. The maximum Gasteiger partial charge on any atom is 0.490 e. The topological polar surface area (TPSA) is 320 Å². The summed E-state index contributed by atoms with van der Waals surface area (Å²) in [6, 6.07) is 6.25. The summed E-state index contributed by atoms with van der Waals surface area (Å²) in [5.41, 5.74) is 17.3. The van der Waals surface area contributed by atoms with Crippen molar-refractivity contribution < 1.29 is 56.3 Å². The number of nitrogens with one attached hydrogen (secondary N) is 1. The van der Waals surface area contributed by atoms with Crippen molar-refractivity contribution in [1.82, 2.24) is 19.5 Å². The van der Waals surface area contributed by atoms with Gasteiger partial charge in [0, 0.05) is 10.6 Å². The lowest BCUT2D eigenvalue weighted by Crippen LogP contribution is -2.32. The predicted molar refractivity (Wildman–Crippen MR) is 151 cm³/mol. The van der Waals surface area contributed by atoms with E-state index in [9.17, 15) is 28.6 Å². The zero-order valence-electron chi connectivity index (χ0n) is 22.7. The maximum atomic E-state index is 12.1. The molecule has 0 aliphatic carbocycles. The van der Waals surface area contributed by atoms with Crippen LogP contribution in [0.5, 0.6) is 0 Å². The Morgan fingerprint density at radius 3 is 2.48 bits per heavy atom. The van der Waals surface area contributed by atoms with Gasteiger partial charge in [-0.1, -0.05) is 30.6 Å². The van der Waals surface area contributed by atoms with E-state index < -0.39 is 54.6 Å². The Kier molecular flexibility index (Phi) is 10.4. The minimum absolute atomic E-state index is 0.0149. The average Bonchev–Trinajstić information content (AvgIpc) is 3.46. The third kappa shape index (κ3) is 8.59. The van der Waals surface area contributed by atoms with Gasteiger partial charge in [-0.15, -0.1) is 0 Å². The van der Waals surface area contributed by atoms with Crippen LogP contribution in [0.1, 0.15) is 31.6 Å². The number of azide groups is 1. The van der Waals surface area contributed by atoms with Gasteiger partial charge < -0.3 is 40.5 Å². The molecule has 3 aromatic rings. The quantitative estimate of drug-likeness (QED) is 0.0557. The molecule has 1 aromatic carbocycles. The fourth-order valence-corrected chi connectivity index (χ4v) is 7.23. The summed E-state index contributed by atoms with van der Waals surface area (Å²) < 4.78 is 53.4. The third-order valence-corrected chi connectivity index (χ3v) is 9.89. The highest BCUT2D eigenvalue weighted by molar-refractivity contribution is 7.66. The first-order valence-electron chi connectivity index (χ1n) is 12.6. The minimum Gasteiger partial charge on any atom is -0.390 e. The number of phosphoric ester groups is 1. The van der Waals surface area contributed by atoms with Crippen LogP contribution in [0.15, 0.2) is 35.7 Å². The fraction of sp³-hybridized carbons (Fsp3) is 0.450. The molecule has 0 saturated carbocycles. The number of hydrogen-bond donors (Lipinski definition) is 7. The van der Waals surface area contributed by atoms with Crippen LogP contribution in [0, 0.1) is 0 Å². The molecule has 1 fully saturated rings. The van der Waals surface area contributed by atoms with Gasteiger partial charge in [-0.25, -0.2) is 18.7 Å². The molecule has 0 amide bonds. The minimum atomic E-state index is -5.77. The van der Waals surface area contributed by atoms with Gasteiger partial charge in [0.25, 0.3) is 0 Å². The van der Waals surface area contributed by atoms with Crippen LogP contribution >= 0.6 is 23.5 Å². The Labute approximate surface area is 248 Å². The fourth-order valence-electron chi connectivity index (χ4n) is 4.20. The number of nitrogen functional groups attached to an aromatic ring is 1. The van der Waals surface area contributed by atoms with Gasteiger partial charge in [-0.05, 0) is 36.1 Å². The van der Waals surface area contributed by atoms with Crippen LogP contribution in [-0.2, 0) is 38.0 Å². The lowest BCUT2D eigenvalue weighted by Gasteiger charge is -2.19. The number of rotatable bonds is 14. The van der Waals surface area contributed by atoms with Gasteiger partial charge in [0.05, 0.1) is 19.0 Å². The summed E-state index contributed by atoms with van der Waals surface area (Å²) in [5, 5.41) is 17.3. The van der Waals surface area contributed by atoms with Crippen molar-refractivity contribution in [3.63, 3.8) is 0 Å². The first-order valence-corrected chi connectivity index (χ1v) is 17.2. The Bertz CT molecular complexity index is 1680. The number of hydrogen-bond acceptors (Lipinski definition) is 14. The average molecular weight is 679 g/mol. The molecule has 24 heteroatoms. The van der Waals surface area contributed by atoms with Crippen molar-refractivity contribution in [1.29, 1.82) is 0 Å². The molecule has 21 nitrogen and oxygen atoms in total. The molecular weight excluding hydrogens is 651 g/mol. The number of aliphatic hydroxyl groups is 1. The lowest BCUT2D eigenvalue weighted by atomic mass is 10.1. The van der Waals surface area contributed by atoms with Crippen molar-refractivity contribution in [2.24, 2.45) is 5.11 Å². The lowest BCUT2D eigenvalue weighted by molar-refractivity contribution is -0.0428. The zero-order chi connectivity index (χ0) is 32.3. The molecule has 6 atom stereocenters. The molecule has 4 rings (SSSR count). The van der Waals surface area contributed by atoms with Crippen molar-refractivity contribution >= 4 is 52.1 Å². The first kappa shape index (κ1) is 33.9. The molecule has 1 aliphatic heterocycles. The largest absolute Gasteiger partial charge is 0.490 e. The van der Waals surface area contributed by atoms with Crippen LogP contribution in [-0.4, -0.2) is 69.1 Å². The van der Waals surface area contributed by atoms with Gasteiger partial charge in [0.1, 0.15) is 23.9 Å². The SMILES string of the molecule is CCCCc1ccc(Nc2nc(N)c3ncn([C@@H]4O[C@H](COP(=O)(O)OP(=O)(O)OP(=O)(O)O)[C@@H](O)[C@@H]4N=[N+]=[N-])c3n2)cc1. The Morgan fingerprint density at radius 2 is 1.84 bits per heavy atom.